The van der Waals surface area contributed by atoms with Crippen LogP contribution in [0, 0.1) is 0 Å². The molecule has 2 rings (SSSR count). The van der Waals surface area contributed by atoms with E-state index in [-0.39, 0.29) is 0 Å². The van der Waals surface area contributed by atoms with E-state index in [0.29, 0.717) is 6.04 Å². The second-order valence-electron chi connectivity index (χ2n) is 4.44. The van der Waals surface area contributed by atoms with E-state index < -0.39 is 0 Å². The lowest BCUT2D eigenvalue weighted by Crippen LogP contribution is -2.50. The number of methoxy groups -OCH3 is 1. The van der Waals surface area contributed by atoms with Crippen LogP contribution < -0.4 is 15.0 Å². The van der Waals surface area contributed by atoms with Crippen molar-refractivity contribution in [1.82, 2.24) is 5.32 Å². The van der Waals surface area contributed by atoms with Crippen LogP contribution >= 0.6 is 31.9 Å². The fourth-order valence-electron chi connectivity index (χ4n) is 2.23. The monoisotopic (exact) mass is 376 g/mol. The molecule has 1 heterocycles. The number of benzene rings is 1. The van der Waals surface area contributed by atoms with Gasteiger partial charge in [-0.15, -0.1) is 0 Å². The lowest BCUT2D eigenvalue weighted by molar-refractivity contribution is 0.411. The zero-order valence-electron chi connectivity index (χ0n) is 10.7. The largest absolute Gasteiger partial charge is 0.495 e. The molecule has 1 saturated heterocycles. The van der Waals surface area contributed by atoms with Crippen LogP contribution in [0.3, 0.4) is 0 Å². The van der Waals surface area contributed by atoms with Gasteiger partial charge in [0.25, 0.3) is 0 Å². The van der Waals surface area contributed by atoms with Gasteiger partial charge in [0.15, 0.2) is 0 Å². The van der Waals surface area contributed by atoms with E-state index in [4.69, 9.17) is 4.74 Å². The van der Waals surface area contributed by atoms with Gasteiger partial charge in [-0.25, -0.2) is 0 Å². The number of nitrogens with one attached hydrogen (secondary N) is 1. The number of anilines is 1. The lowest BCUT2D eigenvalue weighted by Gasteiger charge is -2.35. The Morgan fingerprint density at radius 3 is 2.83 bits per heavy atom. The summed E-state index contributed by atoms with van der Waals surface area (Å²) in [6, 6.07) is 4.71. The number of rotatable bonds is 3. The van der Waals surface area contributed by atoms with Gasteiger partial charge in [-0.2, -0.15) is 0 Å². The molecule has 1 atom stereocenters. The van der Waals surface area contributed by atoms with Gasteiger partial charge in [-0.3, -0.25) is 0 Å². The van der Waals surface area contributed by atoms with Gasteiger partial charge in [0.1, 0.15) is 5.75 Å². The number of ether oxygens (including phenoxy) is 1. The second-order valence-corrected chi connectivity index (χ2v) is 6.15. The van der Waals surface area contributed by atoms with E-state index in [1.54, 1.807) is 7.11 Å². The van der Waals surface area contributed by atoms with Gasteiger partial charge in [0, 0.05) is 36.2 Å². The first-order valence-corrected chi connectivity index (χ1v) is 7.75. The average molecular weight is 378 g/mol. The van der Waals surface area contributed by atoms with Crippen LogP contribution in [-0.4, -0.2) is 32.8 Å². The van der Waals surface area contributed by atoms with Gasteiger partial charge in [0.05, 0.1) is 17.3 Å². The molecule has 1 aliphatic rings. The molecule has 3 nitrogen and oxygen atoms in total. The van der Waals surface area contributed by atoms with Crippen LogP contribution in [0.15, 0.2) is 21.1 Å². The van der Waals surface area contributed by atoms with Crippen molar-refractivity contribution in [3.63, 3.8) is 0 Å². The van der Waals surface area contributed by atoms with Gasteiger partial charge in [-0.05, 0) is 44.3 Å². The molecule has 5 heteroatoms. The molecule has 0 radical (unpaired) electrons. The molecular formula is C13H18Br2N2O. The third kappa shape index (κ3) is 3.00. The third-order valence-electron chi connectivity index (χ3n) is 3.31. The summed E-state index contributed by atoms with van der Waals surface area (Å²) < 4.78 is 7.45. The first kappa shape index (κ1) is 14.2. The maximum absolute atomic E-state index is 5.37. The zero-order valence-corrected chi connectivity index (χ0v) is 13.8. The lowest BCUT2D eigenvalue weighted by atomic mass is 10.1. The van der Waals surface area contributed by atoms with Crippen LogP contribution in [0.4, 0.5) is 5.69 Å². The fraction of sp³-hybridized carbons (Fsp3) is 0.538. The summed E-state index contributed by atoms with van der Waals surface area (Å²) in [7, 11) is 1.70. The van der Waals surface area contributed by atoms with Gasteiger partial charge in [-0.1, -0.05) is 6.92 Å². The van der Waals surface area contributed by atoms with Crippen molar-refractivity contribution < 1.29 is 4.74 Å². The standard InChI is InChI=1S/C13H18Br2N2O/c1-3-9-8-17(5-4-16-9)12-7-13(18-2)11(15)6-10(12)14/h6-7,9,16H,3-5,8H2,1-2H3. The first-order chi connectivity index (χ1) is 8.65. The molecule has 0 spiro atoms. The number of halogens is 2. The SMILES string of the molecule is CCC1CN(c2cc(OC)c(Br)cc2Br)CCN1. The van der Waals surface area contributed by atoms with Crippen molar-refractivity contribution in [3.05, 3.63) is 21.1 Å². The van der Waals surface area contributed by atoms with Crippen molar-refractivity contribution >= 4 is 37.5 Å². The summed E-state index contributed by atoms with van der Waals surface area (Å²) in [5, 5.41) is 3.53. The molecule has 0 saturated carbocycles. The highest BCUT2D eigenvalue weighted by atomic mass is 79.9. The van der Waals surface area contributed by atoms with Gasteiger partial charge < -0.3 is 15.0 Å². The minimum atomic E-state index is 0.570. The van der Waals surface area contributed by atoms with Gasteiger partial charge in [0.2, 0.25) is 0 Å². The average Bonchev–Trinajstić information content (AvgIpc) is 2.39. The molecule has 0 aromatic heterocycles. The van der Waals surface area contributed by atoms with E-state index in [1.807, 2.05) is 0 Å². The molecule has 1 N–H and O–H groups in total. The van der Waals surface area contributed by atoms with Gasteiger partial charge >= 0.3 is 0 Å². The van der Waals surface area contributed by atoms with Crippen LogP contribution in [0.25, 0.3) is 0 Å². The first-order valence-electron chi connectivity index (χ1n) is 6.17. The van der Waals surface area contributed by atoms with E-state index in [1.165, 1.54) is 5.69 Å². The zero-order chi connectivity index (χ0) is 13.1. The Morgan fingerprint density at radius 1 is 1.39 bits per heavy atom. The molecule has 1 aromatic carbocycles. The molecule has 1 aromatic rings. The van der Waals surface area contributed by atoms with Crippen molar-refractivity contribution in [2.45, 2.75) is 19.4 Å². The highest BCUT2D eigenvalue weighted by Gasteiger charge is 2.20. The fourth-order valence-corrected chi connectivity index (χ4v) is 3.64. The quantitative estimate of drug-likeness (QED) is 0.873. The van der Waals surface area contributed by atoms with Crippen molar-refractivity contribution in [1.29, 1.82) is 0 Å². The van der Waals surface area contributed by atoms with Crippen molar-refractivity contribution in [3.8, 4) is 5.75 Å². The highest BCUT2D eigenvalue weighted by molar-refractivity contribution is 9.11. The molecule has 18 heavy (non-hydrogen) atoms. The molecule has 1 aliphatic heterocycles. The van der Waals surface area contributed by atoms with Crippen LogP contribution in [0.2, 0.25) is 0 Å². The Bertz CT molecular complexity index is 426. The summed E-state index contributed by atoms with van der Waals surface area (Å²) in [5.74, 6) is 0.875. The van der Waals surface area contributed by atoms with Crippen LogP contribution in [-0.2, 0) is 0 Å². The molecule has 1 fully saturated rings. The highest BCUT2D eigenvalue weighted by Crippen LogP contribution is 2.36. The van der Waals surface area contributed by atoms with Crippen LogP contribution in [0.5, 0.6) is 5.75 Å². The maximum atomic E-state index is 5.37. The Hall–Kier alpha value is -0.260. The summed E-state index contributed by atoms with van der Waals surface area (Å²) in [5.41, 5.74) is 1.20. The number of piperazine rings is 1. The third-order valence-corrected chi connectivity index (χ3v) is 4.57. The van der Waals surface area contributed by atoms with E-state index in [2.05, 4.69) is 61.1 Å². The van der Waals surface area contributed by atoms with E-state index in [0.717, 1.165) is 40.8 Å². The number of nitrogens with zero attached hydrogens (tertiary/aromatic N) is 1. The summed E-state index contributed by atoms with van der Waals surface area (Å²) >= 11 is 7.15. The maximum Gasteiger partial charge on any atom is 0.135 e. The smallest absolute Gasteiger partial charge is 0.135 e. The second kappa shape index (κ2) is 6.26. The molecule has 0 amide bonds. The summed E-state index contributed by atoms with van der Waals surface area (Å²) in [6.07, 6.45) is 1.15. The number of hydrogen-bond acceptors (Lipinski definition) is 3. The Balaban J connectivity index is 2.26. The number of hydrogen-bond donors (Lipinski definition) is 1. The van der Waals surface area contributed by atoms with Crippen LogP contribution in [0.1, 0.15) is 13.3 Å². The molecule has 0 bridgehead atoms. The Morgan fingerprint density at radius 2 is 2.17 bits per heavy atom. The normalized spacial score (nSPS) is 20.0. The topological polar surface area (TPSA) is 24.5 Å². The van der Waals surface area contributed by atoms with Crippen molar-refractivity contribution in [2.24, 2.45) is 0 Å². The molecule has 100 valence electrons. The van der Waals surface area contributed by atoms with E-state index >= 15 is 0 Å². The predicted octanol–water partition coefficient (Wildman–Crippen LogP) is 3.41. The molecule has 0 aliphatic carbocycles. The predicted molar refractivity (Wildman–Crippen MR) is 82.7 cm³/mol. The summed E-state index contributed by atoms with van der Waals surface area (Å²) in [6.45, 7) is 5.32. The minimum Gasteiger partial charge on any atom is -0.495 e. The Kier molecular flexibility index (Phi) is 4.92. The molecule has 1 unspecified atom stereocenters. The van der Waals surface area contributed by atoms with Crippen molar-refractivity contribution in [2.75, 3.05) is 31.6 Å². The molecular weight excluding hydrogens is 360 g/mol. The summed E-state index contributed by atoms with van der Waals surface area (Å²) in [4.78, 5) is 2.41. The van der Waals surface area contributed by atoms with E-state index in [9.17, 15) is 0 Å². The minimum absolute atomic E-state index is 0.570. The Labute approximate surface area is 125 Å².